The molecule has 11 nitrogen and oxygen atoms in total. The largest absolute Gasteiger partial charge is 0.394 e. The Hall–Kier alpha value is -1.25. The molecule has 0 aromatic heterocycles. The lowest BCUT2D eigenvalue weighted by molar-refractivity contribution is -0.292. The third-order valence-corrected chi connectivity index (χ3v) is 14.5. The molecule has 0 unspecified atom stereocenters. The SMILES string of the molecule is C=C1[C@@H]2C[C@@H](CC[C@@H]3O[C@@H](CC[C@@]45C[C@@H]6O[C@@H]7[C@@H](O[C@H]8CC[C@H](CC(=O)C[C@@H]9[C@@H](OC)[C@@H](C[C@H](O)CO)O[C@H]9C2)O[C@@H]8[C@@H]7O4)[C@H]6O5)CC3=C)C[C@H]1C. The smallest absolute Gasteiger partial charge is 0.172 e. The van der Waals surface area contributed by atoms with E-state index in [-0.39, 0.29) is 104 Å². The maximum atomic E-state index is 14.1. The van der Waals surface area contributed by atoms with Gasteiger partial charge in [0.25, 0.3) is 0 Å². The van der Waals surface area contributed by atoms with Gasteiger partial charge in [0.1, 0.15) is 36.3 Å². The Morgan fingerprint density at radius 2 is 1.62 bits per heavy atom. The van der Waals surface area contributed by atoms with E-state index in [0.29, 0.717) is 31.1 Å². The molecule has 11 heteroatoms. The highest BCUT2D eigenvalue weighted by molar-refractivity contribution is 5.79. The van der Waals surface area contributed by atoms with E-state index in [1.165, 1.54) is 11.1 Å². The van der Waals surface area contributed by atoms with E-state index in [1.807, 2.05) is 0 Å². The van der Waals surface area contributed by atoms with Crippen molar-refractivity contribution in [2.24, 2.45) is 23.7 Å². The van der Waals surface area contributed by atoms with Gasteiger partial charge in [0.15, 0.2) is 5.79 Å². The zero-order chi connectivity index (χ0) is 35.9. The number of hydrogen-bond donors (Lipinski definition) is 2. The first kappa shape index (κ1) is 36.4. The van der Waals surface area contributed by atoms with Crippen LogP contribution in [-0.2, 0) is 42.7 Å². The maximum absolute atomic E-state index is 14.1. The number of carbonyl (C=O) groups is 1. The van der Waals surface area contributed by atoms with Crippen molar-refractivity contribution in [3.05, 3.63) is 24.3 Å². The van der Waals surface area contributed by atoms with E-state index in [1.54, 1.807) is 7.11 Å². The Labute approximate surface area is 308 Å². The summed E-state index contributed by atoms with van der Waals surface area (Å²) in [6, 6.07) is 0. The van der Waals surface area contributed by atoms with E-state index < -0.39 is 18.0 Å². The number of ether oxygens (including phenoxy) is 8. The van der Waals surface area contributed by atoms with Gasteiger partial charge in [-0.15, -0.1) is 0 Å². The van der Waals surface area contributed by atoms with Crippen LogP contribution in [0.25, 0.3) is 0 Å². The fourth-order valence-corrected chi connectivity index (χ4v) is 11.9. The minimum absolute atomic E-state index is 0.0540. The minimum atomic E-state index is -0.920. The van der Waals surface area contributed by atoms with Crippen LogP contribution in [0.2, 0.25) is 0 Å². The fraction of sp³-hybridized carbons (Fsp3) is 0.878. The summed E-state index contributed by atoms with van der Waals surface area (Å²) in [5, 5.41) is 20.1. The summed E-state index contributed by atoms with van der Waals surface area (Å²) in [6.07, 6.45) is 6.83. The molecule has 290 valence electrons. The van der Waals surface area contributed by atoms with Crippen LogP contribution >= 0.6 is 0 Å². The standard InChI is InChI=1S/C41H60O11/c1-20-11-23-5-7-30-21(2)12-28(46-30)9-10-41-18-34-37(51-41)38-39(50-34)40(52-41)36-31(49-38)8-6-27(47-36)15-25(43)16-29-32(14-24(13-23)22(20)3)48-33(35(29)45-4)17-26(44)19-42/h20,23-24,26-40,42,44H,2-3,5-19H2,1,4H3/t20-,23+,24-,26+,27-,28+,29+,30+,31+,32+,33-,34+,35-,36+,37+,38+,39-,40+,41+/m1/s1. The molecular formula is C41H60O11. The number of allylic oxidation sites excluding steroid dienone is 1. The normalized spacial score (nSPS) is 52.4. The molecule has 1 saturated carbocycles. The van der Waals surface area contributed by atoms with Crippen molar-refractivity contribution in [3.63, 3.8) is 0 Å². The van der Waals surface area contributed by atoms with Crippen LogP contribution in [0.1, 0.15) is 96.8 Å². The van der Waals surface area contributed by atoms with Crippen LogP contribution in [-0.4, -0.2) is 121 Å². The molecule has 0 aromatic carbocycles. The summed E-state index contributed by atoms with van der Waals surface area (Å²) in [7, 11) is 1.66. The van der Waals surface area contributed by atoms with Gasteiger partial charge in [-0.25, -0.2) is 0 Å². The van der Waals surface area contributed by atoms with Crippen LogP contribution in [0.5, 0.6) is 0 Å². The summed E-state index contributed by atoms with van der Waals surface area (Å²) in [5.41, 5.74) is 2.45. The summed E-state index contributed by atoms with van der Waals surface area (Å²) < 4.78 is 53.3. The van der Waals surface area contributed by atoms with E-state index in [9.17, 15) is 15.0 Å². The average molecular weight is 729 g/mol. The highest BCUT2D eigenvalue weighted by Crippen LogP contribution is 2.54. The molecule has 52 heavy (non-hydrogen) atoms. The molecule has 9 heterocycles. The Bertz CT molecular complexity index is 1370. The zero-order valence-electron chi connectivity index (χ0n) is 31.0. The van der Waals surface area contributed by atoms with Crippen LogP contribution in [0.4, 0.5) is 0 Å². The number of rotatable bonds is 4. The predicted octanol–water partition coefficient (Wildman–Crippen LogP) is 4.34. The molecule has 10 fully saturated rings. The van der Waals surface area contributed by atoms with Gasteiger partial charge in [0.2, 0.25) is 0 Å². The summed E-state index contributed by atoms with van der Waals surface area (Å²) in [5.74, 6) is 0.343. The highest BCUT2D eigenvalue weighted by Gasteiger charge is 2.68. The van der Waals surface area contributed by atoms with Crippen molar-refractivity contribution in [1.29, 1.82) is 0 Å². The van der Waals surface area contributed by atoms with Crippen molar-refractivity contribution >= 4 is 5.78 Å². The summed E-state index contributed by atoms with van der Waals surface area (Å²) in [6.45, 7) is 11.0. The van der Waals surface area contributed by atoms with E-state index in [0.717, 1.165) is 64.2 Å². The molecular weight excluding hydrogens is 668 g/mol. The number of fused-ring (bicyclic) bond motifs is 6. The van der Waals surface area contributed by atoms with Gasteiger partial charge in [-0.1, -0.05) is 25.7 Å². The van der Waals surface area contributed by atoms with Crippen molar-refractivity contribution in [1.82, 2.24) is 0 Å². The second-order valence-electron chi connectivity index (χ2n) is 17.9. The Morgan fingerprint density at radius 3 is 2.44 bits per heavy atom. The Balaban J connectivity index is 0.994. The lowest BCUT2D eigenvalue weighted by Gasteiger charge is -2.47. The Kier molecular flexibility index (Phi) is 10.0. The second kappa shape index (κ2) is 14.4. The number of carbonyl (C=O) groups excluding carboxylic acids is 1. The van der Waals surface area contributed by atoms with Crippen LogP contribution in [0, 0.1) is 23.7 Å². The monoisotopic (exact) mass is 728 g/mol. The van der Waals surface area contributed by atoms with Crippen molar-refractivity contribution in [3.8, 4) is 0 Å². The van der Waals surface area contributed by atoms with Crippen LogP contribution in [0.15, 0.2) is 24.3 Å². The van der Waals surface area contributed by atoms with E-state index in [4.69, 9.17) is 37.9 Å². The Morgan fingerprint density at radius 1 is 0.827 bits per heavy atom. The van der Waals surface area contributed by atoms with Crippen LogP contribution < -0.4 is 0 Å². The molecule has 0 radical (unpaired) electrons. The molecule has 0 amide bonds. The first-order valence-corrected chi connectivity index (χ1v) is 20.4. The third-order valence-electron chi connectivity index (χ3n) is 14.5. The lowest BCUT2D eigenvalue weighted by Crippen LogP contribution is -2.61. The van der Waals surface area contributed by atoms with Gasteiger partial charge in [0, 0.05) is 45.1 Å². The fourth-order valence-electron chi connectivity index (χ4n) is 11.9. The molecule has 1 aliphatic carbocycles. The number of aliphatic hydroxyl groups is 2. The van der Waals surface area contributed by atoms with Crippen molar-refractivity contribution < 1.29 is 52.9 Å². The van der Waals surface area contributed by atoms with Gasteiger partial charge < -0.3 is 48.1 Å². The number of methoxy groups -OCH3 is 1. The molecule has 10 aliphatic rings. The number of ketones is 1. The van der Waals surface area contributed by atoms with Crippen LogP contribution in [0.3, 0.4) is 0 Å². The molecule has 2 N–H and O–H groups in total. The molecule has 9 aliphatic heterocycles. The topological polar surface area (TPSA) is 131 Å². The van der Waals surface area contributed by atoms with Gasteiger partial charge in [-0.05, 0) is 81.1 Å². The minimum Gasteiger partial charge on any atom is -0.394 e. The summed E-state index contributed by atoms with van der Waals surface area (Å²) in [4.78, 5) is 14.1. The number of Topliss-reactive ketones (excluding diaryl/α,β-unsaturated/α-hetero) is 1. The quantitative estimate of drug-likeness (QED) is 0.401. The van der Waals surface area contributed by atoms with Gasteiger partial charge in [0.05, 0.1) is 61.5 Å². The molecule has 12 bridgehead atoms. The van der Waals surface area contributed by atoms with E-state index >= 15 is 0 Å². The molecule has 19 atom stereocenters. The lowest BCUT2D eigenvalue weighted by atomic mass is 9.68. The first-order chi connectivity index (χ1) is 25.1. The highest BCUT2D eigenvalue weighted by atomic mass is 16.8. The first-order valence-electron chi connectivity index (χ1n) is 20.4. The van der Waals surface area contributed by atoms with Crippen molar-refractivity contribution in [2.75, 3.05) is 13.7 Å². The van der Waals surface area contributed by atoms with Gasteiger partial charge in [-0.2, -0.15) is 0 Å². The third kappa shape index (κ3) is 6.60. The predicted molar refractivity (Wildman–Crippen MR) is 187 cm³/mol. The van der Waals surface area contributed by atoms with Crippen molar-refractivity contribution in [2.45, 2.75) is 188 Å². The molecule has 0 aromatic rings. The van der Waals surface area contributed by atoms with Gasteiger partial charge >= 0.3 is 0 Å². The zero-order valence-corrected chi connectivity index (χ0v) is 31.0. The number of aliphatic hydroxyl groups excluding tert-OH is 2. The maximum Gasteiger partial charge on any atom is 0.172 e. The molecule has 9 saturated heterocycles. The molecule has 1 spiro atoms. The summed E-state index contributed by atoms with van der Waals surface area (Å²) >= 11 is 0. The second-order valence-corrected chi connectivity index (χ2v) is 17.9. The van der Waals surface area contributed by atoms with Gasteiger partial charge in [-0.3, -0.25) is 4.79 Å². The van der Waals surface area contributed by atoms with E-state index in [2.05, 4.69) is 20.1 Å². The number of hydrogen-bond acceptors (Lipinski definition) is 11. The molecule has 10 rings (SSSR count). The average Bonchev–Trinajstić information content (AvgIpc) is 3.79.